The zero-order valence-electron chi connectivity index (χ0n) is 10.6. The first-order valence-electron chi connectivity index (χ1n) is 6.68. The fourth-order valence-electron chi connectivity index (χ4n) is 2.60. The van der Waals surface area contributed by atoms with E-state index in [0.29, 0.717) is 5.92 Å². The van der Waals surface area contributed by atoms with Gasteiger partial charge in [0.15, 0.2) is 0 Å². The van der Waals surface area contributed by atoms with Crippen LogP contribution in [0.3, 0.4) is 0 Å². The van der Waals surface area contributed by atoms with Gasteiger partial charge in [-0.15, -0.1) is 0 Å². The molecule has 0 aliphatic carbocycles. The molecule has 3 rings (SSSR count). The summed E-state index contributed by atoms with van der Waals surface area (Å²) >= 11 is 0. The van der Waals surface area contributed by atoms with Crippen molar-refractivity contribution >= 4 is 10.8 Å². The van der Waals surface area contributed by atoms with E-state index in [2.05, 4.69) is 47.8 Å². The molecule has 1 aliphatic rings. The second kappa shape index (κ2) is 5.51. The van der Waals surface area contributed by atoms with Crippen LogP contribution in [0.5, 0.6) is 0 Å². The molecule has 1 heterocycles. The van der Waals surface area contributed by atoms with Gasteiger partial charge in [0.1, 0.15) is 0 Å². The highest BCUT2D eigenvalue weighted by atomic mass is 16.5. The van der Waals surface area contributed by atoms with E-state index in [0.717, 1.165) is 26.3 Å². The van der Waals surface area contributed by atoms with Crippen LogP contribution in [0.4, 0.5) is 0 Å². The van der Waals surface area contributed by atoms with Gasteiger partial charge in [-0.1, -0.05) is 42.5 Å². The average Bonchev–Trinajstić information content (AvgIpc) is 2.92. The summed E-state index contributed by atoms with van der Waals surface area (Å²) < 4.78 is 5.39. The summed E-state index contributed by atoms with van der Waals surface area (Å²) in [4.78, 5) is 0. The van der Waals surface area contributed by atoms with E-state index in [-0.39, 0.29) is 0 Å². The highest BCUT2D eigenvalue weighted by Gasteiger charge is 2.14. The predicted molar refractivity (Wildman–Crippen MR) is 74.6 cm³/mol. The Balaban J connectivity index is 1.66. The Labute approximate surface area is 108 Å². The Morgan fingerprint density at radius 1 is 1.11 bits per heavy atom. The molecule has 1 saturated heterocycles. The minimum absolute atomic E-state index is 0.694. The third kappa shape index (κ3) is 2.55. The van der Waals surface area contributed by atoms with Crippen LogP contribution >= 0.6 is 0 Å². The van der Waals surface area contributed by atoms with Gasteiger partial charge in [0.2, 0.25) is 0 Å². The maximum atomic E-state index is 5.39. The molecule has 0 bridgehead atoms. The van der Waals surface area contributed by atoms with E-state index in [9.17, 15) is 0 Å². The molecule has 2 aromatic carbocycles. The standard InChI is InChI=1S/C16H19NO/c1-2-7-16-14(4-1)5-3-6-15(16)11-17-10-13-8-9-18-12-13/h1-7,13,17H,8-12H2. The normalized spacial score (nSPS) is 19.4. The number of rotatable bonds is 4. The number of hydrogen-bond acceptors (Lipinski definition) is 2. The SMILES string of the molecule is c1ccc2c(CNCC3CCOC3)cccc2c1. The van der Waals surface area contributed by atoms with E-state index in [1.165, 1.54) is 22.8 Å². The van der Waals surface area contributed by atoms with Crippen molar-refractivity contribution in [2.75, 3.05) is 19.8 Å². The summed E-state index contributed by atoms with van der Waals surface area (Å²) in [6.45, 7) is 3.85. The van der Waals surface area contributed by atoms with Crippen LogP contribution in [0.2, 0.25) is 0 Å². The van der Waals surface area contributed by atoms with Crippen molar-refractivity contribution in [3.63, 3.8) is 0 Å². The number of ether oxygens (including phenoxy) is 1. The van der Waals surface area contributed by atoms with Crippen LogP contribution in [-0.4, -0.2) is 19.8 Å². The molecule has 94 valence electrons. The molecule has 2 nitrogen and oxygen atoms in total. The van der Waals surface area contributed by atoms with Gasteiger partial charge in [0.25, 0.3) is 0 Å². The molecule has 0 saturated carbocycles. The van der Waals surface area contributed by atoms with Gasteiger partial charge in [-0.3, -0.25) is 0 Å². The number of nitrogens with one attached hydrogen (secondary N) is 1. The average molecular weight is 241 g/mol. The summed E-state index contributed by atoms with van der Waals surface area (Å²) in [6, 6.07) is 15.1. The van der Waals surface area contributed by atoms with Crippen LogP contribution in [0, 0.1) is 5.92 Å². The lowest BCUT2D eigenvalue weighted by atomic mass is 10.0. The monoisotopic (exact) mass is 241 g/mol. The molecule has 0 aromatic heterocycles. The van der Waals surface area contributed by atoms with E-state index in [4.69, 9.17) is 4.74 Å². The molecule has 0 radical (unpaired) electrons. The minimum atomic E-state index is 0.694. The first kappa shape index (κ1) is 11.7. The maximum Gasteiger partial charge on any atom is 0.0507 e. The van der Waals surface area contributed by atoms with Crippen molar-refractivity contribution in [2.24, 2.45) is 5.92 Å². The molecule has 0 spiro atoms. The number of hydrogen-bond donors (Lipinski definition) is 1. The van der Waals surface area contributed by atoms with Crippen molar-refractivity contribution in [3.05, 3.63) is 48.0 Å². The first-order chi connectivity index (χ1) is 8.93. The van der Waals surface area contributed by atoms with E-state index < -0.39 is 0 Å². The van der Waals surface area contributed by atoms with E-state index >= 15 is 0 Å². The molecule has 1 unspecified atom stereocenters. The summed E-state index contributed by atoms with van der Waals surface area (Å²) in [5.41, 5.74) is 1.38. The zero-order chi connectivity index (χ0) is 12.2. The third-order valence-corrected chi connectivity index (χ3v) is 3.65. The lowest BCUT2D eigenvalue weighted by molar-refractivity contribution is 0.185. The fraction of sp³-hybridized carbons (Fsp3) is 0.375. The lowest BCUT2D eigenvalue weighted by Gasteiger charge is -2.11. The molecular weight excluding hydrogens is 222 g/mol. The lowest BCUT2D eigenvalue weighted by Crippen LogP contribution is -2.22. The van der Waals surface area contributed by atoms with Crippen LogP contribution in [-0.2, 0) is 11.3 Å². The second-order valence-electron chi connectivity index (χ2n) is 5.00. The van der Waals surface area contributed by atoms with E-state index in [1.807, 2.05) is 0 Å². The predicted octanol–water partition coefficient (Wildman–Crippen LogP) is 2.97. The molecule has 1 aliphatic heterocycles. The summed E-state index contributed by atoms with van der Waals surface area (Å²) in [5.74, 6) is 0.694. The van der Waals surface area contributed by atoms with Crippen molar-refractivity contribution in [3.8, 4) is 0 Å². The topological polar surface area (TPSA) is 21.3 Å². The minimum Gasteiger partial charge on any atom is -0.381 e. The van der Waals surface area contributed by atoms with Crippen LogP contribution in [0.1, 0.15) is 12.0 Å². The molecule has 2 aromatic rings. The van der Waals surface area contributed by atoms with Crippen molar-refractivity contribution in [2.45, 2.75) is 13.0 Å². The summed E-state index contributed by atoms with van der Waals surface area (Å²) in [6.07, 6.45) is 1.20. The zero-order valence-corrected chi connectivity index (χ0v) is 10.6. The van der Waals surface area contributed by atoms with Gasteiger partial charge in [-0.2, -0.15) is 0 Å². The Hall–Kier alpha value is -1.38. The third-order valence-electron chi connectivity index (χ3n) is 3.65. The molecule has 1 N–H and O–H groups in total. The highest BCUT2D eigenvalue weighted by Crippen LogP contribution is 2.18. The molecule has 1 fully saturated rings. The molecule has 0 amide bonds. The van der Waals surface area contributed by atoms with Crippen LogP contribution < -0.4 is 5.32 Å². The van der Waals surface area contributed by atoms with Crippen molar-refractivity contribution in [1.82, 2.24) is 5.32 Å². The van der Waals surface area contributed by atoms with Crippen LogP contribution in [0.25, 0.3) is 10.8 Å². The van der Waals surface area contributed by atoms with E-state index in [1.54, 1.807) is 0 Å². The van der Waals surface area contributed by atoms with Gasteiger partial charge < -0.3 is 10.1 Å². The Morgan fingerprint density at radius 2 is 2.00 bits per heavy atom. The van der Waals surface area contributed by atoms with Gasteiger partial charge >= 0.3 is 0 Å². The number of fused-ring (bicyclic) bond motifs is 1. The van der Waals surface area contributed by atoms with Gasteiger partial charge in [-0.25, -0.2) is 0 Å². The largest absolute Gasteiger partial charge is 0.381 e. The van der Waals surface area contributed by atoms with Crippen LogP contribution in [0.15, 0.2) is 42.5 Å². The molecule has 1 atom stereocenters. The van der Waals surface area contributed by atoms with Crippen molar-refractivity contribution < 1.29 is 4.74 Å². The Kier molecular flexibility index (Phi) is 3.58. The molecule has 2 heteroatoms. The molecule has 18 heavy (non-hydrogen) atoms. The quantitative estimate of drug-likeness (QED) is 0.888. The fourth-order valence-corrected chi connectivity index (χ4v) is 2.60. The van der Waals surface area contributed by atoms with Gasteiger partial charge in [0.05, 0.1) is 6.61 Å². The summed E-state index contributed by atoms with van der Waals surface area (Å²) in [5, 5.41) is 6.23. The highest BCUT2D eigenvalue weighted by molar-refractivity contribution is 5.85. The Morgan fingerprint density at radius 3 is 2.89 bits per heavy atom. The Bertz CT molecular complexity index is 512. The second-order valence-corrected chi connectivity index (χ2v) is 5.00. The smallest absolute Gasteiger partial charge is 0.0507 e. The van der Waals surface area contributed by atoms with Gasteiger partial charge in [0, 0.05) is 19.7 Å². The first-order valence-corrected chi connectivity index (χ1v) is 6.68. The van der Waals surface area contributed by atoms with Gasteiger partial charge in [-0.05, 0) is 28.7 Å². The number of benzene rings is 2. The summed E-state index contributed by atoms with van der Waals surface area (Å²) in [7, 11) is 0. The van der Waals surface area contributed by atoms with Crippen molar-refractivity contribution in [1.29, 1.82) is 0 Å². The molecular formula is C16H19NO. The maximum absolute atomic E-state index is 5.39.